The minimum Gasteiger partial charge on any atom is -0.489 e. The molecular weight excluding hydrogens is 314 g/mol. The molecule has 0 saturated carbocycles. The molecule has 2 N–H and O–H groups in total. The molecule has 5 heteroatoms. The van der Waals surface area contributed by atoms with E-state index < -0.39 is 0 Å². The van der Waals surface area contributed by atoms with Crippen LogP contribution in [-0.2, 0) is 11.2 Å². The standard InChI is InChI=1S/C20H23N3O2/c1-22-16(11-14-5-3-2-4-6-14)13-18(20(22)24)23-9-10-25-19-12-15(21)7-8-17(19)23/h2-8,12,16,18H,9-11,13,21H2,1H3/t16-,18?/m0/s1. The lowest BCUT2D eigenvalue weighted by Gasteiger charge is -2.34. The van der Waals surface area contributed by atoms with Gasteiger partial charge in [0.05, 0.1) is 12.2 Å². The minimum atomic E-state index is -0.134. The third kappa shape index (κ3) is 2.90. The van der Waals surface area contributed by atoms with Crippen LogP contribution in [0.15, 0.2) is 48.5 Å². The number of nitrogens with zero attached hydrogens (tertiary/aromatic N) is 2. The summed E-state index contributed by atoms with van der Waals surface area (Å²) in [5.41, 5.74) is 8.77. The summed E-state index contributed by atoms with van der Waals surface area (Å²) in [4.78, 5) is 17.0. The van der Waals surface area contributed by atoms with Gasteiger partial charge in [0.15, 0.2) is 0 Å². The zero-order valence-electron chi connectivity index (χ0n) is 14.4. The van der Waals surface area contributed by atoms with E-state index in [0.29, 0.717) is 12.3 Å². The van der Waals surface area contributed by atoms with E-state index in [4.69, 9.17) is 10.5 Å². The molecule has 2 aliphatic rings. The molecule has 1 amide bonds. The number of rotatable bonds is 3. The fourth-order valence-electron chi connectivity index (χ4n) is 3.88. The molecule has 25 heavy (non-hydrogen) atoms. The van der Waals surface area contributed by atoms with Gasteiger partial charge < -0.3 is 20.3 Å². The number of likely N-dealkylation sites (N-methyl/N-ethyl adjacent to an activating group) is 1. The fraction of sp³-hybridized carbons (Fsp3) is 0.350. The molecule has 2 aliphatic heterocycles. The van der Waals surface area contributed by atoms with Crippen molar-refractivity contribution in [3.8, 4) is 5.75 Å². The predicted octanol–water partition coefficient (Wildman–Crippen LogP) is 2.31. The Kier molecular flexibility index (Phi) is 3.99. The number of fused-ring (bicyclic) bond motifs is 1. The number of carbonyl (C=O) groups excluding carboxylic acids is 1. The van der Waals surface area contributed by atoms with Crippen molar-refractivity contribution in [2.45, 2.75) is 24.9 Å². The van der Waals surface area contributed by atoms with Gasteiger partial charge in [-0.1, -0.05) is 30.3 Å². The highest BCUT2D eigenvalue weighted by Crippen LogP contribution is 2.37. The maximum Gasteiger partial charge on any atom is 0.245 e. The predicted molar refractivity (Wildman–Crippen MR) is 98.8 cm³/mol. The highest BCUT2D eigenvalue weighted by Gasteiger charge is 2.42. The number of nitrogens with two attached hydrogens (primary N) is 1. The number of likely N-dealkylation sites (tertiary alicyclic amines) is 1. The van der Waals surface area contributed by atoms with Crippen molar-refractivity contribution in [2.24, 2.45) is 0 Å². The summed E-state index contributed by atoms with van der Waals surface area (Å²) >= 11 is 0. The van der Waals surface area contributed by atoms with E-state index in [-0.39, 0.29) is 18.0 Å². The molecule has 1 fully saturated rings. The zero-order valence-corrected chi connectivity index (χ0v) is 14.4. The van der Waals surface area contributed by atoms with Gasteiger partial charge in [-0.2, -0.15) is 0 Å². The van der Waals surface area contributed by atoms with Gasteiger partial charge >= 0.3 is 0 Å². The van der Waals surface area contributed by atoms with Gasteiger partial charge in [-0.3, -0.25) is 4.79 Å². The van der Waals surface area contributed by atoms with Gasteiger partial charge in [0.1, 0.15) is 18.4 Å². The summed E-state index contributed by atoms with van der Waals surface area (Å²) < 4.78 is 5.73. The third-order valence-electron chi connectivity index (χ3n) is 5.25. The van der Waals surface area contributed by atoms with Crippen LogP contribution in [-0.4, -0.2) is 43.1 Å². The first kappa shape index (κ1) is 15.8. The average Bonchev–Trinajstić information content (AvgIpc) is 2.90. The van der Waals surface area contributed by atoms with Crippen LogP contribution in [0.25, 0.3) is 0 Å². The summed E-state index contributed by atoms with van der Waals surface area (Å²) in [7, 11) is 1.92. The molecule has 2 atom stereocenters. The Bertz CT molecular complexity index is 778. The third-order valence-corrected chi connectivity index (χ3v) is 5.25. The van der Waals surface area contributed by atoms with E-state index in [1.807, 2.05) is 48.3 Å². The Balaban J connectivity index is 1.57. The number of amides is 1. The smallest absolute Gasteiger partial charge is 0.245 e. The molecule has 0 bridgehead atoms. The largest absolute Gasteiger partial charge is 0.489 e. The topological polar surface area (TPSA) is 58.8 Å². The van der Waals surface area contributed by atoms with E-state index in [1.165, 1.54) is 5.56 Å². The average molecular weight is 337 g/mol. The maximum atomic E-state index is 12.9. The summed E-state index contributed by atoms with van der Waals surface area (Å²) in [6.45, 7) is 1.30. The van der Waals surface area contributed by atoms with Crippen molar-refractivity contribution in [2.75, 3.05) is 30.8 Å². The van der Waals surface area contributed by atoms with Crippen LogP contribution in [0.4, 0.5) is 11.4 Å². The lowest BCUT2D eigenvalue weighted by Crippen LogP contribution is -2.45. The highest BCUT2D eigenvalue weighted by molar-refractivity contribution is 5.88. The van der Waals surface area contributed by atoms with Crippen molar-refractivity contribution in [3.05, 3.63) is 54.1 Å². The number of anilines is 2. The molecule has 0 aliphatic carbocycles. The van der Waals surface area contributed by atoms with Gasteiger partial charge in [0.25, 0.3) is 0 Å². The van der Waals surface area contributed by atoms with Crippen molar-refractivity contribution in [1.29, 1.82) is 0 Å². The second-order valence-corrected chi connectivity index (χ2v) is 6.81. The van der Waals surface area contributed by atoms with Crippen LogP contribution in [0.1, 0.15) is 12.0 Å². The van der Waals surface area contributed by atoms with Gasteiger partial charge in [-0.15, -0.1) is 0 Å². The first-order valence-corrected chi connectivity index (χ1v) is 8.73. The first-order valence-electron chi connectivity index (χ1n) is 8.73. The van der Waals surface area contributed by atoms with Crippen molar-refractivity contribution in [1.82, 2.24) is 4.90 Å². The first-order chi connectivity index (χ1) is 12.1. The summed E-state index contributed by atoms with van der Waals surface area (Å²) in [6.07, 6.45) is 1.71. The molecule has 0 radical (unpaired) electrons. The molecule has 5 nitrogen and oxygen atoms in total. The Labute approximate surface area is 148 Å². The van der Waals surface area contributed by atoms with E-state index in [9.17, 15) is 4.79 Å². The quantitative estimate of drug-likeness (QED) is 0.873. The number of carbonyl (C=O) groups is 1. The van der Waals surface area contributed by atoms with Gasteiger partial charge in [-0.05, 0) is 30.5 Å². The molecule has 0 spiro atoms. The number of hydrogen-bond acceptors (Lipinski definition) is 4. The van der Waals surface area contributed by atoms with Gasteiger partial charge in [-0.25, -0.2) is 0 Å². The normalized spacial score (nSPS) is 22.7. The Morgan fingerprint density at radius 2 is 2.00 bits per heavy atom. The maximum absolute atomic E-state index is 12.9. The van der Waals surface area contributed by atoms with Crippen LogP contribution < -0.4 is 15.4 Å². The van der Waals surface area contributed by atoms with Crippen molar-refractivity contribution >= 4 is 17.3 Å². The van der Waals surface area contributed by atoms with Crippen molar-refractivity contribution in [3.63, 3.8) is 0 Å². The van der Waals surface area contributed by atoms with Crippen LogP contribution in [0.5, 0.6) is 5.75 Å². The molecule has 130 valence electrons. The monoisotopic (exact) mass is 337 g/mol. The summed E-state index contributed by atoms with van der Waals surface area (Å²) in [6, 6.07) is 16.1. The van der Waals surface area contributed by atoms with Crippen LogP contribution in [0.2, 0.25) is 0 Å². The lowest BCUT2D eigenvalue weighted by atomic mass is 10.0. The molecule has 4 rings (SSSR count). The number of nitrogen functional groups attached to an aromatic ring is 1. The Morgan fingerprint density at radius 1 is 1.20 bits per heavy atom. The van der Waals surface area contributed by atoms with Gasteiger partial charge in [0.2, 0.25) is 5.91 Å². The molecule has 2 heterocycles. The summed E-state index contributed by atoms with van der Waals surface area (Å²) in [5.74, 6) is 0.957. The SMILES string of the molecule is CN1C(=O)C(N2CCOc3cc(N)ccc32)C[C@@H]1Cc1ccccc1. The van der Waals surface area contributed by atoms with E-state index in [1.54, 1.807) is 0 Å². The molecular formula is C20H23N3O2. The molecule has 1 unspecified atom stereocenters. The number of benzene rings is 2. The fourth-order valence-corrected chi connectivity index (χ4v) is 3.88. The molecule has 1 saturated heterocycles. The number of hydrogen-bond donors (Lipinski definition) is 1. The van der Waals surface area contributed by atoms with E-state index in [2.05, 4.69) is 17.0 Å². The van der Waals surface area contributed by atoms with E-state index in [0.717, 1.165) is 30.8 Å². The van der Waals surface area contributed by atoms with Crippen molar-refractivity contribution < 1.29 is 9.53 Å². The number of ether oxygens (including phenoxy) is 1. The second kappa shape index (κ2) is 6.31. The zero-order chi connectivity index (χ0) is 17.4. The highest BCUT2D eigenvalue weighted by atomic mass is 16.5. The van der Waals surface area contributed by atoms with E-state index >= 15 is 0 Å². The van der Waals surface area contributed by atoms with Crippen LogP contribution in [0, 0.1) is 0 Å². The summed E-state index contributed by atoms with van der Waals surface area (Å²) in [5, 5.41) is 0. The Hall–Kier alpha value is -2.69. The van der Waals surface area contributed by atoms with Crippen LogP contribution in [0.3, 0.4) is 0 Å². The molecule has 2 aromatic rings. The minimum absolute atomic E-state index is 0.134. The van der Waals surface area contributed by atoms with Crippen LogP contribution >= 0.6 is 0 Å². The Morgan fingerprint density at radius 3 is 2.80 bits per heavy atom. The molecule has 2 aromatic carbocycles. The second-order valence-electron chi connectivity index (χ2n) is 6.81. The van der Waals surface area contributed by atoms with Gasteiger partial charge in [0, 0.05) is 24.8 Å². The lowest BCUT2D eigenvalue weighted by molar-refractivity contribution is -0.128. The molecule has 0 aromatic heterocycles.